The molecule has 1 aromatic rings. The number of nitrogens with zero attached hydrogens (tertiary/aromatic N) is 2. The second-order valence-corrected chi connectivity index (χ2v) is 3.46. The molecule has 1 heterocycles. The average Bonchev–Trinajstić information content (AvgIpc) is 2.73. The molecule has 0 bridgehead atoms. The molecule has 0 saturated heterocycles. The molecule has 0 aliphatic rings. The van der Waals surface area contributed by atoms with Gasteiger partial charge in [-0.1, -0.05) is 0 Å². The molecule has 8 heteroatoms. The number of ether oxygens (including phenoxy) is 2. The van der Waals surface area contributed by atoms with Crippen molar-refractivity contribution in [3.05, 3.63) is 5.82 Å². The summed E-state index contributed by atoms with van der Waals surface area (Å²) in [6.07, 6.45) is 0.226. The molecule has 7 nitrogen and oxygen atoms in total. The normalized spacial score (nSPS) is 9.88. The summed E-state index contributed by atoms with van der Waals surface area (Å²) in [4.78, 5) is 26.1. The standard InChI is InChI=1S/C8H11N3O4S/c1-14-4-3-5(12)9-8-10-6(11-16-8)7(13)15-2/h3-4H2,1-2H3,(H,9,10,11,12). The molecular formula is C8H11N3O4S. The Morgan fingerprint density at radius 3 is 2.81 bits per heavy atom. The van der Waals surface area contributed by atoms with Crippen molar-refractivity contribution in [3.8, 4) is 0 Å². The minimum absolute atomic E-state index is 0.0606. The molecule has 1 N–H and O–H groups in total. The highest BCUT2D eigenvalue weighted by atomic mass is 32.1. The molecule has 0 aliphatic heterocycles. The second-order valence-electron chi connectivity index (χ2n) is 2.71. The average molecular weight is 245 g/mol. The maximum absolute atomic E-state index is 11.3. The topological polar surface area (TPSA) is 90.4 Å². The van der Waals surface area contributed by atoms with Crippen molar-refractivity contribution < 1.29 is 19.1 Å². The SMILES string of the molecule is COCCC(=O)Nc1nc(C(=O)OC)ns1. The number of hydrogen-bond donors (Lipinski definition) is 1. The number of rotatable bonds is 5. The largest absolute Gasteiger partial charge is 0.463 e. The molecule has 0 atom stereocenters. The molecule has 1 aromatic heterocycles. The van der Waals surface area contributed by atoms with Gasteiger partial charge in [-0.05, 0) is 0 Å². The molecule has 88 valence electrons. The Morgan fingerprint density at radius 2 is 2.19 bits per heavy atom. The first-order valence-electron chi connectivity index (χ1n) is 4.38. The van der Waals surface area contributed by atoms with E-state index in [4.69, 9.17) is 4.74 Å². The summed E-state index contributed by atoms with van der Waals surface area (Å²) in [5.74, 6) is -0.933. The van der Waals surface area contributed by atoms with E-state index < -0.39 is 5.97 Å². The Kier molecular flexibility index (Phi) is 4.80. The van der Waals surface area contributed by atoms with Gasteiger partial charge in [0.1, 0.15) is 0 Å². The van der Waals surface area contributed by atoms with E-state index in [1.807, 2.05) is 0 Å². The number of anilines is 1. The van der Waals surface area contributed by atoms with E-state index in [2.05, 4.69) is 19.4 Å². The van der Waals surface area contributed by atoms with E-state index in [1.54, 1.807) is 0 Å². The number of methoxy groups -OCH3 is 2. The van der Waals surface area contributed by atoms with Crippen LogP contribution in [0.1, 0.15) is 17.0 Å². The Balaban J connectivity index is 2.52. The molecule has 0 spiro atoms. The van der Waals surface area contributed by atoms with Gasteiger partial charge in [-0.3, -0.25) is 4.79 Å². The van der Waals surface area contributed by atoms with Gasteiger partial charge in [0.15, 0.2) is 0 Å². The highest BCUT2D eigenvalue weighted by Crippen LogP contribution is 2.11. The van der Waals surface area contributed by atoms with Gasteiger partial charge in [0, 0.05) is 18.6 Å². The number of hydrogen-bond acceptors (Lipinski definition) is 7. The van der Waals surface area contributed by atoms with E-state index in [0.717, 1.165) is 11.5 Å². The number of carbonyl (C=O) groups excluding carboxylic acids is 2. The van der Waals surface area contributed by atoms with Crippen LogP contribution in [0.3, 0.4) is 0 Å². The fraction of sp³-hybridized carbons (Fsp3) is 0.500. The predicted octanol–water partition coefficient (Wildman–Crippen LogP) is 0.300. The van der Waals surface area contributed by atoms with Gasteiger partial charge in [0.2, 0.25) is 11.0 Å². The molecule has 1 amide bonds. The zero-order valence-electron chi connectivity index (χ0n) is 8.85. The van der Waals surface area contributed by atoms with Crippen molar-refractivity contribution in [2.24, 2.45) is 0 Å². The maximum atomic E-state index is 11.3. The van der Waals surface area contributed by atoms with E-state index >= 15 is 0 Å². The highest BCUT2D eigenvalue weighted by Gasteiger charge is 2.14. The number of amides is 1. The summed E-state index contributed by atoms with van der Waals surface area (Å²) in [7, 11) is 2.74. The van der Waals surface area contributed by atoms with Gasteiger partial charge in [0.25, 0.3) is 5.82 Å². The quantitative estimate of drug-likeness (QED) is 0.750. The minimum atomic E-state index is -0.631. The highest BCUT2D eigenvalue weighted by molar-refractivity contribution is 7.10. The van der Waals surface area contributed by atoms with Gasteiger partial charge in [-0.25, -0.2) is 4.79 Å². The van der Waals surface area contributed by atoms with Crippen molar-refractivity contribution in [2.75, 3.05) is 26.1 Å². The van der Waals surface area contributed by atoms with Crippen LogP contribution in [0.5, 0.6) is 0 Å². The number of carbonyl (C=O) groups is 2. The van der Waals surface area contributed by atoms with Crippen LogP contribution in [-0.2, 0) is 14.3 Å². The lowest BCUT2D eigenvalue weighted by atomic mass is 10.4. The van der Waals surface area contributed by atoms with Crippen molar-refractivity contribution in [1.29, 1.82) is 0 Å². The van der Waals surface area contributed by atoms with Gasteiger partial charge >= 0.3 is 5.97 Å². The molecule has 0 aliphatic carbocycles. The summed E-state index contributed by atoms with van der Waals surface area (Å²) in [5.41, 5.74) is 0. The van der Waals surface area contributed by atoms with Crippen LogP contribution in [0.2, 0.25) is 0 Å². The van der Waals surface area contributed by atoms with E-state index in [-0.39, 0.29) is 23.3 Å². The monoisotopic (exact) mass is 245 g/mol. The lowest BCUT2D eigenvalue weighted by Crippen LogP contribution is -2.13. The molecule has 1 rings (SSSR count). The summed E-state index contributed by atoms with van der Waals surface area (Å²) >= 11 is 0.920. The van der Waals surface area contributed by atoms with E-state index in [1.165, 1.54) is 14.2 Å². The van der Waals surface area contributed by atoms with E-state index in [0.29, 0.717) is 6.61 Å². The van der Waals surface area contributed by atoms with Crippen LogP contribution >= 0.6 is 11.5 Å². The summed E-state index contributed by atoms with van der Waals surface area (Å²) in [6, 6.07) is 0. The zero-order valence-corrected chi connectivity index (χ0v) is 9.67. The number of esters is 1. The third kappa shape index (κ3) is 3.55. The fourth-order valence-corrected chi connectivity index (χ4v) is 1.40. The zero-order chi connectivity index (χ0) is 12.0. The predicted molar refractivity (Wildman–Crippen MR) is 56.4 cm³/mol. The van der Waals surface area contributed by atoms with Crippen LogP contribution in [0.25, 0.3) is 0 Å². The van der Waals surface area contributed by atoms with Crippen LogP contribution in [0.15, 0.2) is 0 Å². The molecule has 0 aromatic carbocycles. The maximum Gasteiger partial charge on any atom is 0.377 e. The van der Waals surface area contributed by atoms with Crippen molar-refractivity contribution >= 4 is 28.5 Å². The van der Waals surface area contributed by atoms with Gasteiger partial charge < -0.3 is 14.8 Å². The van der Waals surface area contributed by atoms with Crippen molar-refractivity contribution in [3.63, 3.8) is 0 Å². The van der Waals surface area contributed by atoms with Crippen LogP contribution < -0.4 is 5.32 Å². The summed E-state index contributed by atoms with van der Waals surface area (Å²) < 4.78 is 12.9. The van der Waals surface area contributed by atoms with Crippen LogP contribution in [-0.4, -0.2) is 42.1 Å². The van der Waals surface area contributed by atoms with Crippen molar-refractivity contribution in [2.45, 2.75) is 6.42 Å². The van der Waals surface area contributed by atoms with Gasteiger partial charge in [-0.2, -0.15) is 9.36 Å². The first-order valence-corrected chi connectivity index (χ1v) is 5.15. The molecule has 0 fully saturated rings. The third-order valence-electron chi connectivity index (χ3n) is 1.57. The second kappa shape index (κ2) is 6.13. The fourth-order valence-electron chi connectivity index (χ4n) is 0.825. The molecule has 16 heavy (non-hydrogen) atoms. The molecule has 0 saturated carbocycles. The van der Waals surface area contributed by atoms with Crippen LogP contribution in [0.4, 0.5) is 5.13 Å². The number of nitrogens with one attached hydrogen (secondary N) is 1. The Morgan fingerprint density at radius 1 is 1.44 bits per heavy atom. The first kappa shape index (κ1) is 12.5. The Labute approximate surface area is 95.9 Å². The summed E-state index contributed by atoms with van der Waals surface area (Å²) in [5, 5.41) is 2.76. The molecule has 0 unspecified atom stereocenters. The minimum Gasteiger partial charge on any atom is -0.463 e. The lowest BCUT2D eigenvalue weighted by Gasteiger charge is -1.99. The number of aromatic nitrogens is 2. The molecular weight excluding hydrogens is 234 g/mol. The van der Waals surface area contributed by atoms with Crippen molar-refractivity contribution in [1.82, 2.24) is 9.36 Å². The Bertz CT molecular complexity index is 379. The van der Waals surface area contributed by atoms with E-state index in [9.17, 15) is 9.59 Å². The molecule has 0 radical (unpaired) electrons. The smallest absolute Gasteiger partial charge is 0.377 e. The Hall–Kier alpha value is -1.54. The van der Waals surface area contributed by atoms with Crippen LogP contribution in [0, 0.1) is 0 Å². The lowest BCUT2D eigenvalue weighted by molar-refractivity contribution is -0.117. The summed E-state index contributed by atoms with van der Waals surface area (Å²) in [6.45, 7) is 0.328. The third-order valence-corrected chi connectivity index (χ3v) is 2.20. The van der Waals surface area contributed by atoms with Gasteiger partial charge in [-0.15, -0.1) is 0 Å². The van der Waals surface area contributed by atoms with Gasteiger partial charge in [0.05, 0.1) is 20.1 Å². The first-order chi connectivity index (χ1) is 7.67.